The second kappa shape index (κ2) is 3.50. The molecule has 1 N–H and O–H groups in total. The Morgan fingerprint density at radius 2 is 2.21 bits per heavy atom. The number of benzene rings is 1. The van der Waals surface area contributed by atoms with E-state index in [-0.39, 0.29) is 5.75 Å². The molecule has 0 fully saturated rings. The molecule has 2 nitrogen and oxygen atoms in total. The molecule has 0 saturated carbocycles. The first-order chi connectivity index (χ1) is 6.72. The molecule has 0 amide bonds. The van der Waals surface area contributed by atoms with Gasteiger partial charge >= 0.3 is 0 Å². The van der Waals surface area contributed by atoms with E-state index in [1.807, 2.05) is 26.0 Å². The van der Waals surface area contributed by atoms with Crippen molar-refractivity contribution in [3.8, 4) is 11.5 Å². The molecule has 2 aromatic rings. The standard InChI is InChI=1S/C11H12O2S/c1-3-13-9-5-4-8-6-7(2)14-11(8)10(9)12/h4-6,12H,3H2,1-2H3. The maximum atomic E-state index is 9.88. The molecule has 1 heterocycles. The fourth-order valence-electron chi connectivity index (χ4n) is 1.47. The first-order valence-electron chi connectivity index (χ1n) is 4.57. The van der Waals surface area contributed by atoms with Crippen molar-refractivity contribution in [2.45, 2.75) is 13.8 Å². The number of thiophene rings is 1. The summed E-state index contributed by atoms with van der Waals surface area (Å²) < 4.78 is 6.22. The molecule has 3 heteroatoms. The van der Waals surface area contributed by atoms with Crippen LogP contribution in [0.15, 0.2) is 18.2 Å². The van der Waals surface area contributed by atoms with Crippen LogP contribution in [-0.4, -0.2) is 11.7 Å². The number of aromatic hydroxyl groups is 1. The summed E-state index contributed by atoms with van der Waals surface area (Å²) in [7, 11) is 0. The van der Waals surface area contributed by atoms with Crippen LogP contribution in [0.4, 0.5) is 0 Å². The van der Waals surface area contributed by atoms with Gasteiger partial charge in [0.05, 0.1) is 11.3 Å². The van der Waals surface area contributed by atoms with Crippen LogP contribution < -0.4 is 4.74 Å². The largest absolute Gasteiger partial charge is 0.503 e. The molecule has 0 spiro atoms. The number of phenols is 1. The van der Waals surface area contributed by atoms with Gasteiger partial charge in [0, 0.05) is 4.88 Å². The van der Waals surface area contributed by atoms with Gasteiger partial charge in [-0.1, -0.05) is 0 Å². The average molecular weight is 208 g/mol. The molecule has 0 aliphatic carbocycles. The zero-order valence-corrected chi connectivity index (χ0v) is 9.02. The van der Waals surface area contributed by atoms with Gasteiger partial charge in [-0.15, -0.1) is 11.3 Å². The molecular formula is C11H12O2S. The van der Waals surface area contributed by atoms with Crippen LogP contribution in [0.5, 0.6) is 11.5 Å². The van der Waals surface area contributed by atoms with Crippen molar-refractivity contribution in [2.24, 2.45) is 0 Å². The third-order valence-corrected chi connectivity index (χ3v) is 3.12. The second-order valence-corrected chi connectivity index (χ2v) is 4.38. The molecule has 14 heavy (non-hydrogen) atoms. The number of phenolic OH excluding ortho intramolecular Hbond substituents is 1. The molecule has 1 aromatic heterocycles. The van der Waals surface area contributed by atoms with Crippen molar-refractivity contribution in [1.82, 2.24) is 0 Å². The van der Waals surface area contributed by atoms with E-state index in [4.69, 9.17) is 4.74 Å². The summed E-state index contributed by atoms with van der Waals surface area (Å²) in [5, 5.41) is 11.0. The van der Waals surface area contributed by atoms with Gasteiger partial charge in [0.15, 0.2) is 11.5 Å². The van der Waals surface area contributed by atoms with Gasteiger partial charge in [-0.25, -0.2) is 0 Å². The van der Waals surface area contributed by atoms with E-state index in [2.05, 4.69) is 6.07 Å². The molecule has 74 valence electrons. The van der Waals surface area contributed by atoms with Gasteiger partial charge in [-0.3, -0.25) is 0 Å². The van der Waals surface area contributed by atoms with Gasteiger partial charge in [0.25, 0.3) is 0 Å². The van der Waals surface area contributed by atoms with Crippen LogP contribution in [0.3, 0.4) is 0 Å². The van der Waals surface area contributed by atoms with E-state index < -0.39 is 0 Å². The lowest BCUT2D eigenvalue weighted by atomic mass is 10.2. The van der Waals surface area contributed by atoms with E-state index in [0.717, 1.165) is 10.1 Å². The molecule has 1 aromatic carbocycles. The molecule has 0 atom stereocenters. The molecule has 0 saturated heterocycles. The minimum Gasteiger partial charge on any atom is -0.503 e. The van der Waals surface area contributed by atoms with E-state index >= 15 is 0 Å². The van der Waals surface area contributed by atoms with Crippen molar-refractivity contribution in [1.29, 1.82) is 0 Å². The number of hydrogen-bond donors (Lipinski definition) is 1. The third kappa shape index (κ3) is 1.44. The minimum atomic E-state index is 0.266. The Morgan fingerprint density at radius 3 is 2.93 bits per heavy atom. The van der Waals surface area contributed by atoms with E-state index in [1.165, 1.54) is 4.88 Å². The first-order valence-corrected chi connectivity index (χ1v) is 5.39. The minimum absolute atomic E-state index is 0.266. The lowest BCUT2D eigenvalue weighted by Crippen LogP contribution is -1.90. The fourth-order valence-corrected chi connectivity index (χ4v) is 2.42. The summed E-state index contributed by atoms with van der Waals surface area (Å²) in [6, 6.07) is 5.85. The number of ether oxygens (including phenoxy) is 1. The molecule has 0 aliphatic heterocycles. The highest BCUT2D eigenvalue weighted by atomic mass is 32.1. The molecule has 0 aliphatic rings. The summed E-state index contributed by atoms with van der Waals surface area (Å²) in [5.74, 6) is 0.837. The number of rotatable bonds is 2. The highest BCUT2D eigenvalue weighted by molar-refractivity contribution is 7.19. The summed E-state index contributed by atoms with van der Waals surface area (Å²) in [4.78, 5) is 1.20. The van der Waals surface area contributed by atoms with Gasteiger partial charge in [0.1, 0.15) is 0 Å². The zero-order valence-electron chi connectivity index (χ0n) is 8.20. The maximum Gasteiger partial charge on any atom is 0.175 e. The Hall–Kier alpha value is -1.22. The highest BCUT2D eigenvalue weighted by Crippen LogP contribution is 2.39. The van der Waals surface area contributed by atoms with Crippen LogP contribution >= 0.6 is 11.3 Å². The quantitative estimate of drug-likeness (QED) is 0.820. The first kappa shape index (κ1) is 9.34. The van der Waals surface area contributed by atoms with Crippen LogP contribution in [0.2, 0.25) is 0 Å². The highest BCUT2D eigenvalue weighted by Gasteiger charge is 2.09. The average Bonchev–Trinajstić information content (AvgIpc) is 2.52. The van der Waals surface area contributed by atoms with Gasteiger partial charge < -0.3 is 9.84 Å². The fraction of sp³-hybridized carbons (Fsp3) is 0.273. The smallest absolute Gasteiger partial charge is 0.175 e. The summed E-state index contributed by atoms with van der Waals surface area (Å²) in [5.41, 5.74) is 0. The maximum absolute atomic E-state index is 9.88. The van der Waals surface area contributed by atoms with Crippen molar-refractivity contribution in [3.63, 3.8) is 0 Å². The molecule has 0 radical (unpaired) electrons. The van der Waals surface area contributed by atoms with Gasteiger partial charge in [0.2, 0.25) is 0 Å². The van der Waals surface area contributed by atoms with Crippen LogP contribution in [0.1, 0.15) is 11.8 Å². The lowest BCUT2D eigenvalue weighted by molar-refractivity contribution is 0.320. The van der Waals surface area contributed by atoms with Crippen LogP contribution in [0, 0.1) is 6.92 Å². The van der Waals surface area contributed by atoms with Gasteiger partial charge in [-0.05, 0) is 37.4 Å². The second-order valence-electron chi connectivity index (χ2n) is 3.12. The molecule has 0 unspecified atom stereocenters. The Balaban J connectivity index is 2.61. The number of fused-ring (bicyclic) bond motifs is 1. The Labute approximate surface area is 86.8 Å². The van der Waals surface area contributed by atoms with Gasteiger partial charge in [-0.2, -0.15) is 0 Å². The number of aryl methyl sites for hydroxylation is 1. The predicted molar refractivity (Wildman–Crippen MR) is 59.4 cm³/mol. The summed E-state index contributed by atoms with van der Waals surface area (Å²) in [6.45, 7) is 4.51. The molecule has 0 bridgehead atoms. The van der Waals surface area contributed by atoms with Crippen molar-refractivity contribution < 1.29 is 9.84 Å². The van der Waals surface area contributed by atoms with Crippen molar-refractivity contribution in [3.05, 3.63) is 23.1 Å². The normalized spacial score (nSPS) is 10.7. The summed E-state index contributed by atoms with van der Waals surface area (Å²) >= 11 is 1.59. The van der Waals surface area contributed by atoms with Crippen LogP contribution in [-0.2, 0) is 0 Å². The lowest BCUT2D eigenvalue weighted by Gasteiger charge is -2.05. The topological polar surface area (TPSA) is 29.5 Å². The summed E-state index contributed by atoms with van der Waals surface area (Å²) in [6.07, 6.45) is 0. The van der Waals surface area contributed by atoms with Crippen LogP contribution in [0.25, 0.3) is 10.1 Å². The Kier molecular flexibility index (Phi) is 2.33. The monoisotopic (exact) mass is 208 g/mol. The number of hydrogen-bond acceptors (Lipinski definition) is 3. The van der Waals surface area contributed by atoms with E-state index in [0.29, 0.717) is 12.4 Å². The molecular weight excluding hydrogens is 196 g/mol. The molecule has 2 rings (SSSR count). The van der Waals surface area contributed by atoms with E-state index in [9.17, 15) is 5.11 Å². The van der Waals surface area contributed by atoms with E-state index in [1.54, 1.807) is 11.3 Å². The zero-order chi connectivity index (χ0) is 10.1. The van der Waals surface area contributed by atoms with Crippen molar-refractivity contribution in [2.75, 3.05) is 6.61 Å². The Bertz CT molecular complexity index is 460. The third-order valence-electron chi connectivity index (χ3n) is 2.05. The SMILES string of the molecule is CCOc1ccc2cc(C)sc2c1O. The Morgan fingerprint density at radius 1 is 1.43 bits per heavy atom. The predicted octanol–water partition coefficient (Wildman–Crippen LogP) is 3.31. The van der Waals surface area contributed by atoms with Crippen molar-refractivity contribution >= 4 is 21.4 Å².